The van der Waals surface area contributed by atoms with Gasteiger partial charge in [0.05, 0.1) is 6.54 Å². The van der Waals surface area contributed by atoms with Gasteiger partial charge in [-0.2, -0.15) is 0 Å². The third-order valence-electron chi connectivity index (χ3n) is 2.15. The van der Waals surface area contributed by atoms with Gasteiger partial charge in [0.2, 0.25) is 0 Å². The molecular weight excluding hydrogens is 156 g/mol. The van der Waals surface area contributed by atoms with Crippen LogP contribution in [0.3, 0.4) is 0 Å². The predicted octanol–water partition coefficient (Wildman–Crippen LogP) is -0.461. The van der Waals surface area contributed by atoms with E-state index in [-0.39, 0.29) is 10.8 Å². The lowest BCUT2D eigenvalue weighted by Crippen LogP contribution is -3.15. The Morgan fingerprint density at radius 3 is 3.00 bits per heavy atom. The van der Waals surface area contributed by atoms with Crippen LogP contribution in [-0.2, 0) is 4.79 Å². The maximum atomic E-state index is 11.4. The maximum absolute atomic E-state index is 11.4. The van der Waals surface area contributed by atoms with Crippen LogP contribution in [-0.4, -0.2) is 24.2 Å². The molecule has 1 aliphatic heterocycles. The van der Waals surface area contributed by atoms with Gasteiger partial charge in [-0.3, -0.25) is 4.79 Å². The molecule has 2 unspecified atom stereocenters. The monoisotopic (exact) mass is 170 g/mol. The van der Waals surface area contributed by atoms with Crippen LogP contribution in [0, 0.1) is 5.21 Å². The molecule has 0 saturated carbocycles. The maximum Gasteiger partial charge on any atom is 0.196 e. The van der Waals surface area contributed by atoms with E-state index in [2.05, 4.69) is 4.99 Å². The Hall–Kier alpha value is -0.740. The second-order valence-electron chi connectivity index (χ2n) is 3.00. The minimum atomic E-state index is -0.405. The molecule has 0 aromatic rings. The summed E-state index contributed by atoms with van der Waals surface area (Å²) >= 11 is 0. The van der Waals surface area contributed by atoms with Gasteiger partial charge >= 0.3 is 0 Å². The molecular formula is C8H14N2O2. The molecule has 2 atom stereocenters. The van der Waals surface area contributed by atoms with E-state index in [1.807, 2.05) is 6.92 Å². The van der Waals surface area contributed by atoms with Crippen LogP contribution >= 0.6 is 0 Å². The lowest BCUT2D eigenvalue weighted by Gasteiger charge is -2.32. The lowest BCUT2D eigenvalue weighted by atomic mass is 10.1. The molecule has 1 heterocycles. The van der Waals surface area contributed by atoms with E-state index in [4.69, 9.17) is 0 Å². The molecule has 0 saturated heterocycles. The van der Waals surface area contributed by atoms with Gasteiger partial charge in [-0.25, -0.2) is 4.99 Å². The van der Waals surface area contributed by atoms with Crippen LogP contribution in [0.15, 0.2) is 4.99 Å². The second kappa shape index (κ2) is 3.78. The zero-order valence-corrected chi connectivity index (χ0v) is 7.46. The van der Waals surface area contributed by atoms with E-state index < -0.39 is 6.04 Å². The Kier molecular flexibility index (Phi) is 2.94. The average molecular weight is 170 g/mol. The lowest BCUT2D eigenvalue weighted by molar-refractivity contribution is -0.772. The van der Waals surface area contributed by atoms with Gasteiger partial charge in [0.25, 0.3) is 0 Å². The van der Waals surface area contributed by atoms with Crippen LogP contribution in [0.5, 0.6) is 0 Å². The Balaban J connectivity index is 2.72. The molecule has 0 radical (unpaired) electrons. The van der Waals surface area contributed by atoms with Crippen molar-refractivity contribution in [1.82, 2.24) is 0 Å². The summed E-state index contributed by atoms with van der Waals surface area (Å²) in [5.74, 6) is 0.558. The van der Waals surface area contributed by atoms with E-state index in [1.165, 1.54) is 6.92 Å². The molecule has 0 aliphatic carbocycles. The Labute approximate surface area is 71.9 Å². The molecule has 0 fully saturated rings. The van der Waals surface area contributed by atoms with Crippen molar-refractivity contribution in [1.29, 1.82) is 0 Å². The number of quaternary nitrogens is 1. The number of carbonyl (C=O) groups excluding carboxylic acids is 1. The van der Waals surface area contributed by atoms with Crippen molar-refractivity contribution in [2.75, 3.05) is 6.54 Å². The van der Waals surface area contributed by atoms with Gasteiger partial charge in [0.15, 0.2) is 17.7 Å². The van der Waals surface area contributed by atoms with Crippen LogP contribution in [0.1, 0.15) is 26.7 Å². The van der Waals surface area contributed by atoms with E-state index >= 15 is 0 Å². The van der Waals surface area contributed by atoms with Gasteiger partial charge in [-0.15, -0.1) is 0 Å². The van der Waals surface area contributed by atoms with Crippen molar-refractivity contribution in [2.45, 2.75) is 32.7 Å². The zero-order valence-electron chi connectivity index (χ0n) is 7.46. The fourth-order valence-electron chi connectivity index (χ4n) is 1.41. The molecule has 1 N–H and O–H groups in total. The van der Waals surface area contributed by atoms with Crippen molar-refractivity contribution >= 4 is 11.6 Å². The first kappa shape index (κ1) is 9.35. The number of carbonyl (C=O) groups is 1. The van der Waals surface area contributed by atoms with E-state index in [0.717, 1.165) is 0 Å². The van der Waals surface area contributed by atoms with Gasteiger partial charge in [-0.05, 0) is 0 Å². The van der Waals surface area contributed by atoms with Crippen molar-refractivity contribution in [3.8, 4) is 0 Å². The number of aliphatic imine (C=N–C) groups is 1. The molecule has 0 spiro atoms. The fourth-order valence-corrected chi connectivity index (χ4v) is 1.41. The molecule has 0 amide bonds. The summed E-state index contributed by atoms with van der Waals surface area (Å²) < 4.78 is 0. The molecule has 1 aliphatic rings. The third-order valence-corrected chi connectivity index (χ3v) is 2.15. The number of hydrogen-bond donors (Lipinski definition) is 1. The topological polar surface area (TPSA) is 56.9 Å². The highest BCUT2D eigenvalue weighted by Crippen LogP contribution is 1.97. The summed E-state index contributed by atoms with van der Waals surface area (Å²) in [6.45, 7) is 3.99. The highest BCUT2D eigenvalue weighted by atomic mass is 16.5. The average Bonchev–Trinajstić information content (AvgIpc) is 2.04. The van der Waals surface area contributed by atoms with Crippen LogP contribution in [0.4, 0.5) is 0 Å². The summed E-state index contributed by atoms with van der Waals surface area (Å²) in [6, 6.07) is -0.405. The summed E-state index contributed by atoms with van der Waals surface area (Å²) in [5, 5.41) is 11.4. The number of ketones is 1. The van der Waals surface area contributed by atoms with Crippen molar-refractivity contribution in [3.63, 3.8) is 0 Å². The quantitative estimate of drug-likeness (QED) is 0.570. The Morgan fingerprint density at radius 2 is 2.50 bits per heavy atom. The largest absolute Gasteiger partial charge is 0.627 e. The van der Waals surface area contributed by atoms with E-state index in [1.54, 1.807) is 0 Å². The summed E-state index contributed by atoms with van der Waals surface area (Å²) in [4.78, 5) is 15.1. The van der Waals surface area contributed by atoms with E-state index in [0.29, 0.717) is 25.2 Å². The van der Waals surface area contributed by atoms with Crippen LogP contribution < -0.4 is 5.06 Å². The molecule has 68 valence electrons. The van der Waals surface area contributed by atoms with Gasteiger partial charge in [0.1, 0.15) is 0 Å². The van der Waals surface area contributed by atoms with Gasteiger partial charge in [-0.1, -0.05) is 6.92 Å². The van der Waals surface area contributed by atoms with Crippen molar-refractivity contribution in [3.05, 3.63) is 5.21 Å². The molecule has 12 heavy (non-hydrogen) atoms. The molecule has 4 nitrogen and oxygen atoms in total. The second-order valence-corrected chi connectivity index (χ2v) is 3.00. The third kappa shape index (κ3) is 1.70. The number of hydrogen-bond acceptors (Lipinski definition) is 3. The zero-order chi connectivity index (χ0) is 9.14. The first-order valence-electron chi connectivity index (χ1n) is 4.24. The normalized spacial score (nSPS) is 29.8. The fraction of sp³-hybridized carbons (Fsp3) is 0.750. The standard InChI is InChI=1S/C8H14N2O2/c1-3-8-9-5-4-7(6(2)11)10(8)12/h7,10H,3-5H2,1-2H3. The Bertz CT molecular complexity index is 213. The van der Waals surface area contributed by atoms with Crippen LogP contribution in [0.25, 0.3) is 0 Å². The van der Waals surface area contributed by atoms with Crippen molar-refractivity contribution < 1.29 is 9.86 Å². The first-order valence-corrected chi connectivity index (χ1v) is 4.24. The van der Waals surface area contributed by atoms with Crippen molar-refractivity contribution in [2.24, 2.45) is 4.99 Å². The number of nitrogens with one attached hydrogen (secondary N) is 1. The number of amidine groups is 1. The highest BCUT2D eigenvalue weighted by molar-refractivity contribution is 5.84. The number of hydroxylamine groups is 2. The van der Waals surface area contributed by atoms with Crippen LogP contribution in [0.2, 0.25) is 0 Å². The SMILES string of the molecule is CCC1=NCCC(C(C)=O)[NH+]1[O-]. The highest BCUT2D eigenvalue weighted by Gasteiger charge is 2.27. The first-order chi connectivity index (χ1) is 5.66. The van der Waals surface area contributed by atoms with E-state index in [9.17, 15) is 10.0 Å². The molecule has 0 aromatic heterocycles. The molecule has 1 rings (SSSR count). The number of nitrogens with zero attached hydrogens (tertiary/aromatic N) is 1. The summed E-state index contributed by atoms with van der Waals surface area (Å²) in [5.41, 5.74) is 0. The minimum absolute atomic E-state index is 0.0270. The molecule has 0 bridgehead atoms. The molecule has 4 heteroatoms. The van der Waals surface area contributed by atoms with Gasteiger partial charge in [0, 0.05) is 19.8 Å². The Morgan fingerprint density at radius 1 is 1.83 bits per heavy atom. The summed E-state index contributed by atoms with van der Waals surface area (Å²) in [6.07, 6.45) is 1.24. The predicted molar refractivity (Wildman–Crippen MR) is 46.0 cm³/mol. The number of rotatable bonds is 2. The summed E-state index contributed by atoms with van der Waals surface area (Å²) in [7, 11) is 0. The van der Waals surface area contributed by atoms with Gasteiger partial charge < -0.3 is 10.3 Å². The smallest absolute Gasteiger partial charge is 0.196 e. The minimum Gasteiger partial charge on any atom is -0.627 e. The molecule has 0 aromatic carbocycles. The number of Topliss-reactive ketones (excluding diaryl/α,β-unsaturated/α-hetero) is 1.